The van der Waals surface area contributed by atoms with Crippen LogP contribution in [0.2, 0.25) is 0 Å². The molecule has 0 spiro atoms. The highest BCUT2D eigenvalue weighted by atomic mass is 16.3. The summed E-state index contributed by atoms with van der Waals surface area (Å²) in [5, 5.41) is 8.28. The standard InChI is InChI=1S/C58H33N3O3/c1-3-12-34(13-4-1)35-24-29-51-46(31-35)55-56(38-22-26-42-41-17-8-10-20-49(41)63-53(42)33-38)59-57(60-58(55)64-51)43-18-11-21-52-54(43)45-32-37(25-28-50(45)62-52)36-23-27-48-44(30-36)40-16-7-9-19-47(40)61(48)39-14-5-2-6-15-39/h1-33H. The number of para-hydroxylation sites is 3. The molecule has 0 fully saturated rings. The lowest BCUT2D eigenvalue weighted by Gasteiger charge is -2.09. The zero-order valence-electron chi connectivity index (χ0n) is 34.1. The van der Waals surface area contributed by atoms with E-state index in [4.69, 9.17) is 23.2 Å². The SMILES string of the molecule is c1ccc(-c2ccc3oc4nc(-c5cccc6oc7ccc(-c8ccc9c(c8)c8ccccc8n9-c8ccccc8)cc7c56)nc(-c5ccc6c(c5)oc5ccccc56)c4c3c2)cc1. The third kappa shape index (κ3) is 5.20. The first-order chi connectivity index (χ1) is 31.7. The van der Waals surface area contributed by atoms with Crippen molar-refractivity contribution in [3.05, 3.63) is 200 Å². The lowest BCUT2D eigenvalue weighted by molar-refractivity contribution is 0.653. The highest BCUT2D eigenvalue weighted by Gasteiger charge is 2.23. The van der Waals surface area contributed by atoms with Gasteiger partial charge in [-0.25, -0.2) is 4.98 Å². The Balaban J connectivity index is 0.974. The number of furan rings is 3. The number of aromatic nitrogens is 3. The molecule has 9 aromatic carbocycles. The van der Waals surface area contributed by atoms with Crippen molar-refractivity contribution in [1.29, 1.82) is 0 Å². The number of hydrogen-bond acceptors (Lipinski definition) is 5. The van der Waals surface area contributed by atoms with Crippen LogP contribution in [-0.2, 0) is 0 Å². The molecule has 5 aromatic heterocycles. The van der Waals surface area contributed by atoms with E-state index in [1.165, 1.54) is 16.3 Å². The van der Waals surface area contributed by atoms with E-state index in [0.717, 1.165) is 111 Å². The van der Waals surface area contributed by atoms with Crippen molar-refractivity contribution in [2.75, 3.05) is 0 Å². The maximum absolute atomic E-state index is 6.66. The molecule has 6 heteroatoms. The molecule has 0 bridgehead atoms. The van der Waals surface area contributed by atoms with Crippen LogP contribution in [0.15, 0.2) is 213 Å². The zero-order valence-corrected chi connectivity index (χ0v) is 34.1. The molecule has 64 heavy (non-hydrogen) atoms. The Hall–Kier alpha value is -8.74. The number of fused-ring (bicyclic) bond motifs is 12. The Labute approximate surface area is 364 Å². The van der Waals surface area contributed by atoms with Crippen molar-refractivity contribution in [3.8, 4) is 50.6 Å². The van der Waals surface area contributed by atoms with Gasteiger partial charge in [-0.3, -0.25) is 0 Å². The summed E-state index contributed by atoms with van der Waals surface area (Å²) in [5.74, 6) is 0.545. The quantitative estimate of drug-likeness (QED) is 0.173. The van der Waals surface area contributed by atoms with Gasteiger partial charge in [0.25, 0.3) is 0 Å². The third-order valence-corrected chi connectivity index (χ3v) is 12.8. The summed E-state index contributed by atoms with van der Waals surface area (Å²) < 4.78 is 22.0. The fourth-order valence-corrected chi connectivity index (χ4v) is 9.89. The summed E-state index contributed by atoms with van der Waals surface area (Å²) >= 11 is 0. The predicted molar refractivity (Wildman–Crippen MR) is 260 cm³/mol. The van der Waals surface area contributed by atoms with E-state index in [-0.39, 0.29) is 0 Å². The van der Waals surface area contributed by atoms with Crippen LogP contribution in [0.4, 0.5) is 0 Å². The van der Waals surface area contributed by atoms with Crippen molar-refractivity contribution in [3.63, 3.8) is 0 Å². The van der Waals surface area contributed by atoms with E-state index in [0.29, 0.717) is 11.5 Å². The molecule has 0 aliphatic carbocycles. The lowest BCUT2D eigenvalue weighted by atomic mass is 9.98. The molecular weight excluding hydrogens is 787 g/mol. The summed E-state index contributed by atoms with van der Waals surface area (Å²) in [6, 6.07) is 69.8. The number of benzene rings is 9. The molecule has 0 aliphatic heterocycles. The van der Waals surface area contributed by atoms with Gasteiger partial charge in [-0.15, -0.1) is 0 Å². The van der Waals surface area contributed by atoms with Gasteiger partial charge in [0.1, 0.15) is 27.9 Å². The maximum atomic E-state index is 6.66. The average Bonchev–Trinajstić information content (AvgIpc) is 4.12. The minimum Gasteiger partial charge on any atom is -0.456 e. The van der Waals surface area contributed by atoms with Crippen molar-refractivity contribution >= 4 is 87.8 Å². The number of rotatable bonds is 5. The molecule has 0 atom stereocenters. The van der Waals surface area contributed by atoms with Gasteiger partial charge >= 0.3 is 0 Å². The summed E-state index contributed by atoms with van der Waals surface area (Å²) in [5.41, 5.74) is 14.9. The zero-order chi connectivity index (χ0) is 41.9. The molecule has 0 amide bonds. The lowest BCUT2D eigenvalue weighted by Crippen LogP contribution is -1.94. The van der Waals surface area contributed by atoms with Gasteiger partial charge in [0.2, 0.25) is 5.71 Å². The van der Waals surface area contributed by atoms with Gasteiger partial charge in [-0.1, -0.05) is 121 Å². The Kier molecular flexibility index (Phi) is 7.30. The molecule has 5 heterocycles. The van der Waals surface area contributed by atoms with Gasteiger partial charge in [-0.2, -0.15) is 4.98 Å². The first-order valence-corrected chi connectivity index (χ1v) is 21.5. The fourth-order valence-electron chi connectivity index (χ4n) is 9.89. The number of nitrogens with zero attached hydrogens (tertiary/aromatic N) is 3. The topological polar surface area (TPSA) is 70.1 Å². The molecule has 0 aliphatic rings. The van der Waals surface area contributed by atoms with Gasteiger partial charge in [0, 0.05) is 54.5 Å². The maximum Gasteiger partial charge on any atom is 0.231 e. The van der Waals surface area contributed by atoms with Crippen LogP contribution in [0.1, 0.15) is 0 Å². The Morgan fingerprint density at radius 3 is 1.77 bits per heavy atom. The first-order valence-electron chi connectivity index (χ1n) is 21.5. The van der Waals surface area contributed by atoms with Gasteiger partial charge < -0.3 is 17.8 Å². The van der Waals surface area contributed by atoms with E-state index in [9.17, 15) is 0 Å². The second kappa shape index (κ2) is 13.4. The van der Waals surface area contributed by atoms with Crippen molar-refractivity contribution in [2.24, 2.45) is 0 Å². The number of hydrogen-bond donors (Lipinski definition) is 0. The molecule has 0 N–H and O–H groups in total. The Morgan fingerprint density at radius 1 is 0.328 bits per heavy atom. The fraction of sp³-hybridized carbons (Fsp3) is 0. The minimum atomic E-state index is 0.512. The molecule has 0 saturated heterocycles. The van der Waals surface area contributed by atoms with Crippen LogP contribution in [0.5, 0.6) is 0 Å². The Morgan fingerprint density at radius 2 is 0.922 bits per heavy atom. The largest absolute Gasteiger partial charge is 0.456 e. The van der Waals surface area contributed by atoms with Gasteiger partial charge in [-0.05, 0) is 101 Å². The molecule has 298 valence electrons. The average molecular weight is 820 g/mol. The summed E-state index contributed by atoms with van der Waals surface area (Å²) in [4.78, 5) is 10.7. The summed E-state index contributed by atoms with van der Waals surface area (Å²) in [7, 11) is 0. The van der Waals surface area contributed by atoms with Crippen LogP contribution in [0.25, 0.3) is 138 Å². The van der Waals surface area contributed by atoms with E-state index >= 15 is 0 Å². The van der Waals surface area contributed by atoms with Crippen LogP contribution in [0.3, 0.4) is 0 Å². The van der Waals surface area contributed by atoms with Crippen LogP contribution < -0.4 is 0 Å². The molecule has 6 nitrogen and oxygen atoms in total. The van der Waals surface area contributed by atoms with E-state index in [1.54, 1.807) is 0 Å². The van der Waals surface area contributed by atoms with Crippen LogP contribution in [0, 0.1) is 0 Å². The van der Waals surface area contributed by atoms with Gasteiger partial charge in [0.15, 0.2) is 5.82 Å². The summed E-state index contributed by atoms with van der Waals surface area (Å²) in [6.07, 6.45) is 0. The van der Waals surface area contributed by atoms with Crippen LogP contribution in [-0.4, -0.2) is 14.5 Å². The van der Waals surface area contributed by atoms with Crippen molar-refractivity contribution in [1.82, 2.24) is 14.5 Å². The molecular formula is C58H33N3O3. The van der Waals surface area contributed by atoms with E-state index in [2.05, 4.69) is 162 Å². The van der Waals surface area contributed by atoms with E-state index < -0.39 is 0 Å². The molecule has 0 radical (unpaired) electrons. The first kappa shape index (κ1) is 34.9. The predicted octanol–water partition coefficient (Wildman–Crippen LogP) is 15.9. The monoisotopic (exact) mass is 819 g/mol. The summed E-state index contributed by atoms with van der Waals surface area (Å²) in [6.45, 7) is 0. The third-order valence-electron chi connectivity index (χ3n) is 12.8. The van der Waals surface area contributed by atoms with Crippen LogP contribution >= 0.6 is 0 Å². The van der Waals surface area contributed by atoms with Crippen molar-refractivity contribution in [2.45, 2.75) is 0 Å². The van der Waals surface area contributed by atoms with Gasteiger partial charge in [0.05, 0.1) is 22.1 Å². The Bertz CT molecular complexity index is 4190. The second-order valence-corrected chi connectivity index (χ2v) is 16.5. The van der Waals surface area contributed by atoms with E-state index in [1.807, 2.05) is 42.5 Å². The molecule has 14 aromatic rings. The highest BCUT2D eigenvalue weighted by molar-refractivity contribution is 6.16. The second-order valence-electron chi connectivity index (χ2n) is 16.5. The molecule has 14 rings (SSSR count). The minimum absolute atomic E-state index is 0.512. The normalized spacial score (nSPS) is 12.1. The molecule has 0 unspecified atom stereocenters. The highest BCUT2D eigenvalue weighted by Crippen LogP contribution is 2.43. The van der Waals surface area contributed by atoms with Crippen molar-refractivity contribution < 1.29 is 13.3 Å². The smallest absolute Gasteiger partial charge is 0.231 e. The molecule has 0 saturated carbocycles.